The van der Waals surface area contributed by atoms with E-state index in [0.717, 1.165) is 16.1 Å². The molecule has 2 unspecified atom stereocenters. The molecule has 2 aliphatic rings. The maximum Gasteiger partial charge on any atom is 0.336 e. The number of esters is 1. The minimum Gasteiger partial charge on any atom is -0.464 e. The Labute approximate surface area is 207 Å². The van der Waals surface area contributed by atoms with Crippen LogP contribution in [-0.2, 0) is 14.3 Å². The number of rotatable bonds is 5. The highest BCUT2D eigenvalue weighted by atomic mass is 32.1. The molecule has 0 spiro atoms. The number of ketones is 1. The van der Waals surface area contributed by atoms with Crippen LogP contribution in [0.3, 0.4) is 0 Å². The lowest BCUT2D eigenvalue weighted by Crippen LogP contribution is -2.37. The highest BCUT2D eigenvalue weighted by Gasteiger charge is 2.43. The van der Waals surface area contributed by atoms with Crippen LogP contribution in [0.2, 0.25) is 0 Å². The maximum absolute atomic E-state index is 13.7. The van der Waals surface area contributed by atoms with Gasteiger partial charge in [-0.1, -0.05) is 24.6 Å². The number of thiophene rings is 1. The number of hydrogen-bond donors (Lipinski definition) is 1. The molecule has 0 fully saturated rings. The Hall–Kier alpha value is -3.45. The third-order valence-electron chi connectivity index (χ3n) is 6.70. The number of dihydropyridines is 1. The van der Waals surface area contributed by atoms with Gasteiger partial charge in [0.1, 0.15) is 5.58 Å². The van der Waals surface area contributed by atoms with E-state index in [2.05, 4.69) is 5.32 Å². The van der Waals surface area contributed by atoms with Crippen molar-refractivity contribution in [2.45, 2.75) is 51.9 Å². The van der Waals surface area contributed by atoms with Gasteiger partial charge in [0.25, 0.3) is 0 Å². The number of fused-ring (bicyclic) bond motifs is 1. The maximum atomic E-state index is 13.7. The van der Waals surface area contributed by atoms with Crippen molar-refractivity contribution < 1.29 is 18.7 Å². The summed E-state index contributed by atoms with van der Waals surface area (Å²) in [7, 11) is 0. The molecule has 0 amide bonds. The van der Waals surface area contributed by atoms with E-state index in [1.807, 2.05) is 37.4 Å². The second kappa shape index (κ2) is 9.30. The van der Waals surface area contributed by atoms with Crippen LogP contribution in [0.5, 0.6) is 0 Å². The Bertz CT molecular complexity index is 1440. The smallest absolute Gasteiger partial charge is 0.336 e. The van der Waals surface area contributed by atoms with Crippen molar-refractivity contribution in [3.8, 4) is 0 Å². The van der Waals surface area contributed by atoms with Gasteiger partial charge in [0.2, 0.25) is 0 Å². The summed E-state index contributed by atoms with van der Waals surface area (Å²) in [5.74, 6) is -1.37. The summed E-state index contributed by atoms with van der Waals surface area (Å²) in [6, 6.07) is 9.45. The number of hydrogen-bond acceptors (Lipinski definition) is 7. The van der Waals surface area contributed by atoms with E-state index >= 15 is 0 Å². The van der Waals surface area contributed by atoms with Crippen molar-refractivity contribution in [3.63, 3.8) is 0 Å². The largest absolute Gasteiger partial charge is 0.464 e. The molecular weight excluding hydrogens is 462 g/mol. The average molecular weight is 490 g/mol. The average Bonchev–Trinajstić information content (AvgIpc) is 3.37. The third-order valence-corrected chi connectivity index (χ3v) is 7.73. The SMILES string of the molecule is CCCOC(=O)C1=C(C)NC2=C(C(=O)CC(c3cccs3)C2)C1c1coc2ccc(C)cc2c1=O. The molecule has 0 radical (unpaired) electrons. The van der Waals surface area contributed by atoms with Crippen LogP contribution in [0.15, 0.2) is 73.7 Å². The van der Waals surface area contributed by atoms with Gasteiger partial charge in [0.15, 0.2) is 11.2 Å². The summed E-state index contributed by atoms with van der Waals surface area (Å²) in [5.41, 5.74) is 3.55. The first-order valence-electron chi connectivity index (χ1n) is 11.9. The van der Waals surface area contributed by atoms with Crippen LogP contribution in [-0.4, -0.2) is 18.4 Å². The lowest BCUT2D eigenvalue weighted by molar-refractivity contribution is -0.139. The second-order valence-corrected chi connectivity index (χ2v) is 10.2. The Morgan fingerprint density at radius 2 is 2.03 bits per heavy atom. The summed E-state index contributed by atoms with van der Waals surface area (Å²) >= 11 is 1.63. The molecule has 1 aliphatic carbocycles. The molecule has 0 saturated carbocycles. The van der Waals surface area contributed by atoms with Crippen molar-refractivity contribution >= 4 is 34.1 Å². The molecule has 35 heavy (non-hydrogen) atoms. The first-order chi connectivity index (χ1) is 16.9. The van der Waals surface area contributed by atoms with Gasteiger partial charge < -0.3 is 14.5 Å². The van der Waals surface area contributed by atoms with E-state index in [1.165, 1.54) is 6.26 Å². The van der Waals surface area contributed by atoms with Gasteiger partial charge >= 0.3 is 5.97 Å². The van der Waals surface area contributed by atoms with E-state index in [1.54, 1.807) is 30.4 Å². The number of allylic oxidation sites excluding steroid dienone is 3. The van der Waals surface area contributed by atoms with Crippen molar-refractivity contribution in [1.82, 2.24) is 5.32 Å². The minimum atomic E-state index is -0.839. The number of aryl methyl sites for hydroxylation is 1. The summed E-state index contributed by atoms with van der Waals surface area (Å²) in [5, 5.41) is 5.77. The third kappa shape index (κ3) is 4.14. The molecule has 1 aliphatic heterocycles. The van der Waals surface area contributed by atoms with Crippen molar-refractivity contribution in [1.29, 1.82) is 0 Å². The van der Waals surface area contributed by atoms with Crippen LogP contribution in [0.25, 0.3) is 11.0 Å². The Kier molecular flexibility index (Phi) is 6.19. The van der Waals surface area contributed by atoms with Crippen LogP contribution in [0.4, 0.5) is 0 Å². The topological polar surface area (TPSA) is 85.6 Å². The molecule has 180 valence electrons. The normalized spacial score (nSPS) is 20.1. The number of Topliss-reactive ketones (excluding diaryl/α,β-unsaturated/α-hetero) is 1. The molecule has 1 N–H and O–H groups in total. The van der Waals surface area contributed by atoms with Crippen molar-refractivity contribution in [2.75, 3.05) is 6.61 Å². The quantitative estimate of drug-likeness (QED) is 0.478. The zero-order chi connectivity index (χ0) is 24.7. The molecule has 5 rings (SSSR count). The fourth-order valence-electron chi connectivity index (χ4n) is 5.08. The van der Waals surface area contributed by atoms with Crippen molar-refractivity contribution in [3.05, 3.63) is 90.7 Å². The molecule has 0 bridgehead atoms. The summed E-state index contributed by atoms with van der Waals surface area (Å²) in [4.78, 5) is 41.7. The monoisotopic (exact) mass is 489 g/mol. The Balaban J connectivity index is 1.68. The van der Waals surface area contributed by atoms with Gasteiger partial charge in [-0.3, -0.25) is 9.59 Å². The van der Waals surface area contributed by atoms with Gasteiger partial charge in [-0.15, -0.1) is 11.3 Å². The first kappa shape index (κ1) is 23.3. The number of ether oxygens (including phenoxy) is 1. The van der Waals surface area contributed by atoms with E-state index in [4.69, 9.17) is 9.15 Å². The molecule has 0 saturated heterocycles. The molecule has 1 aromatic carbocycles. The van der Waals surface area contributed by atoms with E-state index < -0.39 is 11.9 Å². The molecule has 2 aromatic heterocycles. The van der Waals surface area contributed by atoms with Gasteiger partial charge in [-0.2, -0.15) is 0 Å². The van der Waals surface area contributed by atoms with Crippen LogP contribution >= 0.6 is 11.3 Å². The number of carbonyl (C=O) groups excluding carboxylic acids is 2. The highest BCUT2D eigenvalue weighted by Crippen LogP contribution is 2.45. The van der Waals surface area contributed by atoms with Gasteiger partial charge in [-0.25, -0.2) is 4.79 Å². The fourth-order valence-corrected chi connectivity index (χ4v) is 5.91. The Morgan fingerprint density at radius 1 is 1.20 bits per heavy atom. The first-order valence-corrected chi connectivity index (χ1v) is 12.7. The molecule has 6 nitrogen and oxygen atoms in total. The standard InChI is InChI=1S/C28H27NO5S/c1-4-9-33-28(32)24-16(3)29-20-12-17(23-6-5-10-35-23)13-21(30)26(20)25(24)19-14-34-22-8-7-15(2)11-18(22)27(19)31/h5-8,10-11,14,17,25,29H,4,9,12-13H2,1-3H3. The van der Waals surface area contributed by atoms with Crippen LogP contribution < -0.4 is 10.7 Å². The van der Waals surface area contributed by atoms with Crippen molar-refractivity contribution in [2.24, 2.45) is 0 Å². The summed E-state index contributed by atoms with van der Waals surface area (Å²) in [6.45, 7) is 5.88. The molecule has 3 aromatic rings. The van der Waals surface area contributed by atoms with E-state index in [-0.39, 0.29) is 29.3 Å². The van der Waals surface area contributed by atoms with E-state index in [0.29, 0.717) is 47.1 Å². The lowest BCUT2D eigenvalue weighted by Gasteiger charge is -2.36. The molecule has 3 heterocycles. The predicted octanol–water partition coefficient (Wildman–Crippen LogP) is 5.48. The summed E-state index contributed by atoms with van der Waals surface area (Å²) in [6.07, 6.45) is 3.03. The number of carbonyl (C=O) groups is 2. The van der Waals surface area contributed by atoms with Gasteiger partial charge in [0, 0.05) is 39.7 Å². The molecular formula is C28H27NO5S. The predicted molar refractivity (Wildman–Crippen MR) is 135 cm³/mol. The van der Waals surface area contributed by atoms with Gasteiger partial charge in [0.05, 0.1) is 29.7 Å². The molecule has 7 heteroatoms. The fraction of sp³-hybridized carbons (Fsp3) is 0.321. The number of nitrogens with one attached hydrogen (secondary N) is 1. The zero-order valence-electron chi connectivity index (χ0n) is 20.0. The number of benzene rings is 1. The lowest BCUT2D eigenvalue weighted by atomic mass is 9.73. The Morgan fingerprint density at radius 3 is 2.77 bits per heavy atom. The second-order valence-electron chi connectivity index (χ2n) is 9.19. The minimum absolute atomic E-state index is 0.0615. The van der Waals surface area contributed by atoms with E-state index in [9.17, 15) is 14.4 Å². The van der Waals surface area contributed by atoms with Gasteiger partial charge in [-0.05, 0) is 50.3 Å². The zero-order valence-corrected chi connectivity index (χ0v) is 20.8. The van der Waals surface area contributed by atoms with Crippen LogP contribution in [0, 0.1) is 6.92 Å². The summed E-state index contributed by atoms with van der Waals surface area (Å²) < 4.78 is 11.3. The molecule has 2 atom stereocenters. The highest BCUT2D eigenvalue weighted by molar-refractivity contribution is 7.10. The van der Waals surface area contributed by atoms with Crippen LogP contribution in [0.1, 0.15) is 60.9 Å².